The van der Waals surface area contributed by atoms with Gasteiger partial charge in [0, 0.05) is 25.6 Å². The average molecular weight is 310 g/mol. The molecule has 118 valence electrons. The number of aromatic nitrogens is 3. The van der Waals surface area contributed by atoms with Gasteiger partial charge in [0.2, 0.25) is 0 Å². The first-order chi connectivity index (χ1) is 9.74. The lowest BCUT2D eigenvalue weighted by Crippen LogP contribution is -2.44. The molecule has 2 heterocycles. The Kier molecular flexibility index (Phi) is 5.64. The summed E-state index contributed by atoms with van der Waals surface area (Å²) in [7, 11) is 1.33. The summed E-state index contributed by atoms with van der Waals surface area (Å²) in [4.78, 5) is 19.9. The molecule has 0 spiro atoms. The number of nitrogens with one attached hydrogen (secondary N) is 1. The number of nitrogens with zero attached hydrogens (tertiary/aromatic N) is 3. The molecule has 2 N–H and O–H groups in total. The van der Waals surface area contributed by atoms with Crippen molar-refractivity contribution in [3.63, 3.8) is 0 Å². The van der Waals surface area contributed by atoms with Crippen LogP contribution in [0.1, 0.15) is 10.5 Å². The quantitative estimate of drug-likeness (QED) is 0.752. The van der Waals surface area contributed by atoms with Gasteiger partial charge in [-0.25, -0.2) is 9.59 Å². The van der Waals surface area contributed by atoms with Gasteiger partial charge in [-0.3, -0.25) is 4.68 Å². The minimum atomic E-state index is -5.08. The number of carbonyl (C=O) groups excluding carboxylic acids is 1. The predicted octanol–water partition coefficient (Wildman–Crippen LogP) is -0.0826. The molecular weight excluding hydrogens is 297 g/mol. The van der Waals surface area contributed by atoms with Gasteiger partial charge in [-0.05, 0) is 0 Å². The number of carbonyl (C=O) groups is 2. The second-order valence-corrected chi connectivity index (χ2v) is 4.14. The van der Waals surface area contributed by atoms with E-state index in [1.807, 2.05) is 0 Å². The molecular formula is C10H13F3N4O4. The Hall–Kier alpha value is -2.17. The highest BCUT2D eigenvalue weighted by Crippen LogP contribution is 2.13. The minimum Gasteiger partial charge on any atom is -0.475 e. The maximum Gasteiger partial charge on any atom is 0.490 e. The van der Waals surface area contributed by atoms with Gasteiger partial charge in [-0.2, -0.15) is 13.2 Å². The molecule has 0 amide bonds. The number of rotatable bonds is 3. The van der Waals surface area contributed by atoms with E-state index in [4.69, 9.17) is 9.90 Å². The Labute approximate surface area is 116 Å². The van der Waals surface area contributed by atoms with E-state index in [0.29, 0.717) is 5.92 Å². The predicted molar refractivity (Wildman–Crippen MR) is 61.4 cm³/mol. The molecule has 0 radical (unpaired) electrons. The van der Waals surface area contributed by atoms with Crippen LogP contribution >= 0.6 is 0 Å². The Bertz CT molecular complexity index is 499. The largest absolute Gasteiger partial charge is 0.490 e. The van der Waals surface area contributed by atoms with Gasteiger partial charge in [-0.15, -0.1) is 5.10 Å². The van der Waals surface area contributed by atoms with Crippen LogP contribution in [0.3, 0.4) is 0 Å². The molecule has 0 aromatic carbocycles. The fourth-order valence-corrected chi connectivity index (χ4v) is 1.33. The number of methoxy groups -OCH3 is 1. The number of ether oxygens (including phenoxy) is 1. The molecule has 0 aliphatic carbocycles. The second-order valence-electron chi connectivity index (χ2n) is 4.14. The number of halogens is 3. The van der Waals surface area contributed by atoms with Crippen LogP contribution in [0.5, 0.6) is 0 Å². The number of carboxylic acids is 1. The van der Waals surface area contributed by atoms with Crippen LogP contribution in [-0.2, 0) is 16.1 Å². The average Bonchev–Trinajstić information content (AvgIpc) is 2.81. The van der Waals surface area contributed by atoms with Gasteiger partial charge < -0.3 is 15.2 Å². The van der Waals surface area contributed by atoms with Crippen molar-refractivity contribution < 1.29 is 32.6 Å². The van der Waals surface area contributed by atoms with E-state index in [1.165, 1.54) is 7.11 Å². The van der Waals surface area contributed by atoms with Gasteiger partial charge in [0.05, 0.1) is 13.3 Å². The lowest BCUT2D eigenvalue weighted by atomic mass is 10.0. The maximum atomic E-state index is 11.0. The summed E-state index contributed by atoms with van der Waals surface area (Å²) in [5.74, 6) is -2.60. The van der Waals surface area contributed by atoms with Crippen LogP contribution in [0.2, 0.25) is 0 Å². The third kappa shape index (κ3) is 5.38. The first-order valence-corrected chi connectivity index (χ1v) is 5.73. The third-order valence-electron chi connectivity index (χ3n) is 2.49. The molecule has 1 saturated heterocycles. The van der Waals surface area contributed by atoms with Crippen molar-refractivity contribution in [1.82, 2.24) is 20.3 Å². The highest BCUT2D eigenvalue weighted by atomic mass is 19.4. The topological polar surface area (TPSA) is 106 Å². The van der Waals surface area contributed by atoms with E-state index in [0.717, 1.165) is 19.6 Å². The highest BCUT2D eigenvalue weighted by molar-refractivity contribution is 5.86. The third-order valence-corrected chi connectivity index (χ3v) is 2.49. The first kappa shape index (κ1) is 16.9. The summed E-state index contributed by atoms with van der Waals surface area (Å²) in [5, 5.41) is 17.9. The van der Waals surface area contributed by atoms with Crippen LogP contribution < -0.4 is 5.32 Å². The van der Waals surface area contributed by atoms with Gasteiger partial charge in [0.25, 0.3) is 0 Å². The lowest BCUT2D eigenvalue weighted by molar-refractivity contribution is -0.192. The second kappa shape index (κ2) is 7.02. The summed E-state index contributed by atoms with van der Waals surface area (Å²) in [5.41, 5.74) is 0.264. The van der Waals surface area contributed by atoms with Crippen LogP contribution in [0, 0.1) is 5.92 Å². The monoisotopic (exact) mass is 310 g/mol. The Morgan fingerprint density at radius 2 is 2.10 bits per heavy atom. The van der Waals surface area contributed by atoms with Gasteiger partial charge in [-0.1, -0.05) is 5.21 Å². The van der Waals surface area contributed by atoms with Crippen molar-refractivity contribution in [2.75, 3.05) is 20.2 Å². The van der Waals surface area contributed by atoms with E-state index in [-0.39, 0.29) is 5.69 Å². The molecule has 0 saturated carbocycles. The fraction of sp³-hybridized carbons (Fsp3) is 0.600. The number of hydrogen-bond donors (Lipinski definition) is 2. The van der Waals surface area contributed by atoms with Gasteiger partial charge in [0.15, 0.2) is 5.69 Å². The van der Waals surface area contributed by atoms with Crippen molar-refractivity contribution in [3.05, 3.63) is 11.9 Å². The van der Waals surface area contributed by atoms with Gasteiger partial charge in [0.1, 0.15) is 0 Å². The zero-order valence-corrected chi connectivity index (χ0v) is 10.9. The zero-order valence-electron chi connectivity index (χ0n) is 10.9. The summed E-state index contributed by atoms with van der Waals surface area (Å²) < 4.78 is 37.9. The molecule has 1 aromatic heterocycles. The molecule has 2 rings (SSSR count). The summed E-state index contributed by atoms with van der Waals surface area (Å²) in [6, 6.07) is 0. The highest BCUT2D eigenvalue weighted by Gasteiger charge is 2.38. The summed E-state index contributed by atoms with van der Waals surface area (Å²) >= 11 is 0. The molecule has 1 aromatic rings. The lowest BCUT2D eigenvalue weighted by Gasteiger charge is -2.26. The van der Waals surface area contributed by atoms with E-state index in [2.05, 4.69) is 20.4 Å². The Balaban J connectivity index is 0.000000270. The first-order valence-electron chi connectivity index (χ1n) is 5.73. The van der Waals surface area contributed by atoms with Crippen molar-refractivity contribution in [2.45, 2.75) is 12.7 Å². The molecule has 11 heteroatoms. The smallest absolute Gasteiger partial charge is 0.475 e. The molecule has 0 bridgehead atoms. The fourth-order valence-electron chi connectivity index (χ4n) is 1.33. The zero-order chi connectivity index (χ0) is 16.0. The number of alkyl halides is 3. The van der Waals surface area contributed by atoms with Crippen molar-refractivity contribution >= 4 is 11.9 Å². The van der Waals surface area contributed by atoms with Gasteiger partial charge >= 0.3 is 18.1 Å². The molecule has 21 heavy (non-hydrogen) atoms. The molecule has 8 nitrogen and oxygen atoms in total. The van der Waals surface area contributed by atoms with Crippen LogP contribution in [0.25, 0.3) is 0 Å². The standard InChI is InChI=1S/C8H12N4O2.C2HF3O2/c1-14-8(13)7-5-12(11-10-7)4-6-2-9-3-6;3-2(4,5)1(6)7/h5-6,9H,2-4H2,1H3;(H,6,7). The molecule has 0 unspecified atom stereocenters. The van der Waals surface area contributed by atoms with Crippen molar-refractivity contribution in [3.8, 4) is 0 Å². The number of aliphatic carboxylic acids is 1. The Morgan fingerprint density at radius 1 is 1.52 bits per heavy atom. The summed E-state index contributed by atoms with van der Waals surface area (Å²) in [6.45, 7) is 2.82. The van der Waals surface area contributed by atoms with Crippen molar-refractivity contribution in [2.24, 2.45) is 5.92 Å². The van der Waals surface area contributed by atoms with Crippen LogP contribution in [-0.4, -0.2) is 58.4 Å². The van der Waals surface area contributed by atoms with Crippen LogP contribution in [0.15, 0.2) is 6.20 Å². The normalized spacial score (nSPS) is 14.7. The Morgan fingerprint density at radius 3 is 2.48 bits per heavy atom. The van der Waals surface area contributed by atoms with Crippen molar-refractivity contribution in [1.29, 1.82) is 0 Å². The van der Waals surface area contributed by atoms with E-state index in [9.17, 15) is 18.0 Å². The SMILES string of the molecule is COC(=O)c1cn(CC2CNC2)nn1.O=C(O)C(F)(F)F. The molecule has 1 aliphatic rings. The van der Waals surface area contributed by atoms with E-state index >= 15 is 0 Å². The maximum absolute atomic E-state index is 11.0. The number of hydrogen-bond acceptors (Lipinski definition) is 6. The number of esters is 1. The summed E-state index contributed by atoms with van der Waals surface area (Å²) in [6.07, 6.45) is -3.47. The molecule has 1 fully saturated rings. The van der Waals surface area contributed by atoms with Crippen LogP contribution in [0.4, 0.5) is 13.2 Å². The van der Waals surface area contributed by atoms with E-state index in [1.54, 1.807) is 10.9 Å². The number of carboxylic acid groups (broad SMARTS) is 1. The molecule has 0 atom stereocenters. The molecule has 1 aliphatic heterocycles. The van der Waals surface area contributed by atoms with E-state index < -0.39 is 18.1 Å². The minimum absolute atomic E-state index is 0.264.